The SMILES string of the molecule is CC1CN(CCCCNc2ccccc2S(C)(=O)=O)CC(C)O1. The van der Waals surface area contributed by atoms with Crippen molar-refractivity contribution >= 4 is 15.5 Å². The lowest BCUT2D eigenvalue weighted by molar-refractivity contribution is -0.0681. The standard InChI is InChI=1S/C17H28N2O3S/c1-14-12-19(13-15(2)22-14)11-7-6-10-18-16-8-4-5-9-17(16)23(3,20)21/h4-5,8-9,14-15,18H,6-7,10-13H2,1-3H3. The van der Waals surface area contributed by atoms with Crippen molar-refractivity contribution in [1.82, 2.24) is 4.90 Å². The molecule has 1 aromatic rings. The summed E-state index contributed by atoms with van der Waals surface area (Å²) >= 11 is 0. The van der Waals surface area contributed by atoms with Crippen molar-refractivity contribution in [1.29, 1.82) is 0 Å². The number of hydrogen-bond donors (Lipinski definition) is 1. The quantitative estimate of drug-likeness (QED) is 0.773. The maximum Gasteiger partial charge on any atom is 0.177 e. The van der Waals surface area contributed by atoms with E-state index in [0.29, 0.717) is 22.8 Å². The molecule has 0 aliphatic carbocycles. The minimum Gasteiger partial charge on any atom is -0.384 e. The largest absolute Gasteiger partial charge is 0.384 e. The third kappa shape index (κ3) is 5.79. The molecule has 0 aromatic heterocycles. The highest BCUT2D eigenvalue weighted by Crippen LogP contribution is 2.20. The summed E-state index contributed by atoms with van der Waals surface area (Å²) < 4.78 is 29.2. The molecular formula is C17H28N2O3S. The second-order valence-electron chi connectivity index (χ2n) is 6.42. The lowest BCUT2D eigenvalue weighted by Crippen LogP contribution is -2.45. The first kappa shape index (κ1) is 18.2. The number of sulfone groups is 1. The van der Waals surface area contributed by atoms with E-state index in [1.807, 2.05) is 12.1 Å². The van der Waals surface area contributed by atoms with Gasteiger partial charge >= 0.3 is 0 Å². The van der Waals surface area contributed by atoms with E-state index < -0.39 is 9.84 Å². The summed E-state index contributed by atoms with van der Waals surface area (Å²) in [5.74, 6) is 0. The van der Waals surface area contributed by atoms with E-state index in [0.717, 1.165) is 39.0 Å². The van der Waals surface area contributed by atoms with E-state index in [1.54, 1.807) is 12.1 Å². The maximum atomic E-state index is 11.8. The molecular weight excluding hydrogens is 312 g/mol. The van der Waals surface area contributed by atoms with E-state index in [-0.39, 0.29) is 0 Å². The van der Waals surface area contributed by atoms with Gasteiger partial charge in [-0.2, -0.15) is 0 Å². The fourth-order valence-electron chi connectivity index (χ4n) is 3.09. The van der Waals surface area contributed by atoms with Crippen LogP contribution in [0.25, 0.3) is 0 Å². The lowest BCUT2D eigenvalue weighted by atomic mass is 10.2. The van der Waals surface area contributed by atoms with E-state index in [9.17, 15) is 8.42 Å². The summed E-state index contributed by atoms with van der Waals surface area (Å²) in [5.41, 5.74) is 0.698. The Bertz CT molecular complexity index is 594. The number of benzene rings is 1. The lowest BCUT2D eigenvalue weighted by Gasteiger charge is -2.35. The molecule has 0 spiro atoms. The van der Waals surface area contributed by atoms with Gasteiger partial charge < -0.3 is 10.1 Å². The summed E-state index contributed by atoms with van der Waals surface area (Å²) in [6.07, 6.45) is 3.96. The van der Waals surface area contributed by atoms with Crippen molar-refractivity contribution in [3.63, 3.8) is 0 Å². The van der Waals surface area contributed by atoms with Gasteiger partial charge in [0, 0.05) is 25.9 Å². The number of nitrogens with one attached hydrogen (secondary N) is 1. The first-order chi connectivity index (χ1) is 10.9. The predicted octanol–water partition coefficient (Wildman–Crippen LogP) is 2.39. The van der Waals surface area contributed by atoms with Gasteiger partial charge in [0.25, 0.3) is 0 Å². The second-order valence-corrected chi connectivity index (χ2v) is 8.40. The van der Waals surface area contributed by atoms with E-state index in [1.165, 1.54) is 6.26 Å². The van der Waals surface area contributed by atoms with Crippen LogP contribution in [0.3, 0.4) is 0 Å². The third-order valence-electron chi connectivity index (χ3n) is 4.00. The van der Waals surface area contributed by atoms with Crippen molar-refractivity contribution in [3.8, 4) is 0 Å². The van der Waals surface area contributed by atoms with Crippen LogP contribution in [0.1, 0.15) is 26.7 Å². The highest BCUT2D eigenvalue weighted by atomic mass is 32.2. The summed E-state index contributed by atoms with van der Waals surface area (Å²) in [4.78, 5) is 2.82. The molecule has 2 atom stereocenters. The number of rotatable bonds is 7. The average Bonchev–Trinajstić information content (AvgIpc) is 2.45. The van der Waals surface area contributed by atoms with Gasteiger partial charge in [-0.1, -0.05) is 12.1 Å². The second kappa shape index (κ2) is 8.13. The van der Waals surface area contributed by atoms with Crippen LogP contribution in [-0.2, 0) is 14.6 Å². The number of ether oxygens (including phenoxy) is 1. The molecule has 1 heterocycles. The number of anilines is 1. The van der Waals surface area contributed by atoms with Gasteiger partial charge in [0.1, 0.15) is 0 Å². The summed E-state index contributed by atoms with van der Waals surface area (Å²) in [6, 6.07) is 7.08. The molecule has 5 nitrogen and oxygen atoms in total. The smallest absolute Gasteiger partial charge is 0.177 e. The van der Waals surface area contributed by atoms with Crippen LogP contribution in [0, 0.1) is 0 Å². The minimum absolute atomic E-state index is 0.304. The highest BCUT2D eigenvalue weighted by molar-refractivity contribution is 7.90. The molecule has 2 unspecified atom stereocenters. The molecule has 2 rings (SSSR count). The minimum atomic E-state index is -3.19. The van der Waals surface area contributed by atoms with Crippen LogP contribution in [0.5, 0.6) is 0 Å². The zero-order valence-electron chi connectivity index (χ0n) is 14.3. The number of hydrogen-bond acceptors (Lipinski definition) is 5. The molecule has 1 aliphatic heterocycles. The van der Waals surface area contributed by atoms with Gasteiger partial charge in [0.05, 0.1) is 22.8 Å². The molecule has 1 fully saturated rings. The summed E-state index contributed by atoms with van der Waals surface area (Å²) in [6.45, 7) is 8.07. The average molecular weight is 340 g/mol. The normalized spacial score (nSPS) is 22.9. The topological polar surface area (TPSA) is 58.6 Å². The molecule has 1 saturated heterocycles. The van der Waals surface area contributed by atoms with E-state index in [4.69, 9.17) is 4.74 Å². The van der Waals surface area contributed by atoms with Crippen molar-refractivity contribution in [2.24, 2.45) is 0 Å². The number of unbranched alkanes of at least 4 members (excludes halogenated alkanes) is 1. The Balaban J connectivity index is 1.74. The molecule has 6 heteroatoms. The molecule has 0 amide bonds. The Morgan fingerprint density at radius 2 is 1.83 bits per heavy atom. The molecule has 1 aliphatic rings. The molecule has 0 radical (unpaired) electrons. The van der Waals surface area contributed by atoms with Gasteiger partial charge in [-0.3, -0.25) is 4.90 Å². The van der Waals surface area contributed by atoms with Gasteiger partial charge in [-0.25, -0.2) is 8.42 Å². The Labute approximate surface area is 139 Å². The van der Waals surface area contributed by atoms with Crippen molar-refractivity contribution in [2.45, 2.75) is 43.8 Å². The van der Waals surface area contributed by atoms with Crippen LogP contribution < -0.4 is 5.32 Å². The third-order valence-corrected chi connectivity index (χ3v) is 5.15. The fourth-order valence-corrected chi connectivity index (χ4v) is 3.95. The van der Waals surface area contributed by atoms with E-state index in [2.05, 4.69) is 24.1 Å². The van der Waals surface area contributed by atoms with Gasteiger partial charge in [-0.15, -0.1) is 0 Å². The van der Waals surface area contributed by atoms with Crippen LogP contribution >= 0.6 is 0 Å². The van der Waals surface area contributed by atoms with Crippen molar-refractivity contribution < 1.29 is 13.2 Å². The molecule has 0 bridgehead atoms. The highest BCUT2D eigenvalue weighted by Gasteiger charge is 2.21. The van der Waals surface area contributed by atoms with Crippen LogP contribution in [0.2, 0.25) is 0 Å². The zero-order chi connectivity index (χ0) is 16.9. The van der Waals surface area contributed by atoms with Crippen LogP contribution in [0.4, 0.5) is 5.69 Å². The van der Waals surface area contributed by atoms with Gasteiger partial charge in [0.15, 0.2) is 9.84 Å². The van der Waals surface area contributed by atoms with Crippen molar-refractivity contribution in [3.05, 3.63) is 24.3 Å². The Morgan fingerprint density at radius 3 is 2.48 bits per heavy atom. The Kier molecular flexibility index (Phi) is 6.44. The molecule has 1 aromatic carbocycles. The monoisotopic (exact) mass is 340 g/mol. The molecule has 1 N–H and O–H groups in total. The predicted molar refractivity (Wildman–Crippen MR) is 93.7 cm³/mol. The van der Waals surface area contributed by atoms with E-state index >= 15 is 0 Å². The number of para-hydroxylation sites is 1. The molecule has 0 saturated carbocycles. The zero-order valence-corrected chi connectivity index (χ0v) is 15.1. The van der Waals surface area contributed by atoms with Gasteiger partial charge in [-0.05, 0) is 45.4 Å². The number of nitrogens with zero attached hydrogens (tertiary/aromatic N) is 1. The van der Waals surface area contributed by atoms with Crippen LogP contribution in [0.15, 0.2) is 29.2 Å². The molecule has 130 valence electrons. The van der Waals surface area contributed by atoms with Crippen molar-refractivity contribution in [2.75, 3.05) is 37.8 Å². The Morgan fingerprint density at radius 1 is 1.17 bits per heavy atom. The summed E-state index contributed by atoms with van der Waals surface area (Å²) in [7, 11) is -3.19. The molecule has 23 heavy (non-hydrogen) atoms. The maximum absolute atomic E-state index is 11.8. The fraction of sp³-hybridized carbons (Fsp3) is 0.647. The first-order valence-electron chi connectivity index (χ1n) is 8.27. The number of morpholine rings is 1. The van der Waals surface area contributed by atoms with Gasteiger partial charge in [0.2, 0.25) is 0 Å². The van der Waals surface area contributed by atoms with Crippen LogP contribution in [-0.4, -0.2) is 58.0 Å². The summed E-state index contributed by atoms with van der Waals surface area (Å²) in [5, 5.41) is 3.25. The first-order valence-corrected chi connectivity index (χ1v) is 10.2. The Hall–Kier alpha value is -1.11.